The third kappa shape index (κ3) is 2.22. The molecular weight excluding hydrogens is 352 g/mol. The van der Waals surface area contributed by atoms with Crippen LogP contribution in [-0.2, 0) is 0 Å². The fraction of sp³-hybridized carbons (Fsp3) is 1.00. The summed E-state index contributed by atoms with van der Waals surface area (Å²) in [6, 6.07) is 1.43. The molecule has 0 amide bonds. The van der Waals surface area contributed by atoms with Crippen LogP contribution < -0.4 is 5.32 Å². The predicted molar refractivity (Wildman–Crippen MR) is 123 cm³/mol. The lowest BCUT2D eigenvalue weighted by atomic mass is 9.42. The highest BCUT2D eigenvalue weighted by atomic mass is 15.1. The van der Waals surface area contributed by atoms with Gasteiger partial charge in [0.2, 0.25) is 0 Å². The summed E-state index contributed by atoms with van der Waals surface area (Å²) in [6.45, 7) is 13.2. The van der Waals surface area contributed by atoms with Crippen LogP contribution in [0.1, 0.15) is 92.4 Å². The van der Waals surface area contributed by atoms with Gasteiger partial charge in [-0.2, -0.15) is 0 Å². The van der Waals surface area contributed by atoms with Crippen molar-refractivity contribution in [2.75, 3.05) is 21.1 Å². The Morgan fingerprint density at radius 1 is 0.793 bits per heavy atom. The van der Waals surface area contributed by atoms with Gasteiger partial charge in [0.05, 0.1) is 0 Å². The van der Waals surface area contributed by atoms with Crippen molar-refractivity contribution in [1.29, 1.82) is 0 Å². The summed E-state index contributed by atoms with van der Waals surface area (Å²) in [4.78, 5) is 2.50. The molecule has 1 N–H and O–H groups in total. The van der Waals surface area contributed by atoms with Gasteiger partial charge in [-0.25, -0.2) is 0 Å². The first kappa shape index (κ1) is 20.8. The number of fused-ring (bicyclic) bond motifs is 2. The normalized spacial score (nSPS) is 56.2. The summed E-state index contributed by atoms with van der Waals surface area (Å²) in [5, 5.41) is 3.71. The summed E-state index contributed by atoms with van der Waals surface area (Å²) < 4.78 is 0. The number of nitrogens with zero attached hydrogens (tertiary/aromatic N) is 1. The van der Waals surface area contributed by atoms with Crippen molar-refractivity contribution in [1.82, 2.24) is 10.2 Å². The second-order valence-corrected chi connectivity index (χ2v) is 13.6. The van der Waals surface area contributed by atoms with E-state index in [-0.39, 0.29) is 0 Å². The van der Waals surface area contributed by atoms with Crippen LogP contribution >= 0.6 is 0 Å². The molecule has 0 unspecified atom stereocenters. The molecule has 0 aromatic rings. The lowest BCUT2D eigenvalue weighted by Crippen LogP contribution is -2.59. The van der Waals surface area contributed by atoms with Crippen LogP contribution in [0.2, 0.25) is 0 Å². The van der Waals surface area contributed by atoms with Gasteiger partial charge in [0, 0.05) is 12.1 Å². The Bertz CT molecular complexity index is 684. The van der Waals surface area contributed by atoms with Gasteiger partial charge in [-0.3, -0.25) is 0 Å². The highest BCUT2D eigenvalue weighted by Crippen LogP contribution is 2.88. The maximum absolute atomic E-state index is 3.71. The molecule has 0 bridgehead atoms. The Labute approximate surface area is 181 Å². The molecule has 0 saturated heterocycles. The molecule has 5 aliphatic carbocycles. The largest absolute Gasteiger partial charge is 0.316 e. The average Bonchev–Trinajstić information content (AvgIpc) is 3.24. The monoisotopic (exact) mass is 400 g/mol. The zero-order valence-corrected chi connectivity index (χ0v) is 20.7. The van der Waals surface area contributed by atoms with Crippen molar-refractivity contribution in [3.63, 3.8) is 0 Å². The fourth-order valence-corrected chi connectivity index (χ4v) is 11.1. The molecule has 0 aliphatic heterocycles. The van der Waals surface area contributed by atoms with Crippen LogP contribution in [0.15, 0.2) is 0 Å². The smallest absolute Gasteiger partial charge is 0.0118 e. The Hall–Kier alpha value is -0.0800. The molecule has 5 rings (SSSR count). The molecule has 29 heavy (non-hydrogen) atoms. The summed E-state index contributed by atoms with van der Waals surface area (Å²) in [7, 11) is 6.81. The van der Waals surface area contributed by atoms with Crippen molar-refractivity contribution in [3.8, 4) is 0 Å². The third-order valence-electron chi connectivity index (χ3n) is 13.0. The number of rotatable bonds is 3. The minimum atomic E-state index is 0.459. The first-order valence-electron chi connectivity index (χ1n) is 12.8. The topological polar surface area (TPSA) is 15.3 Å². The number of hydrogen-bond donors (Lipinski definition) is 1. The molecule has 0 heterocycles. The van der Waals surface area contributed by atoms with Gasteiger partial charge < -0.3 is 10.2 Å². The number of hydrogen-bond acceptors (Lipinski definition) is 2. The van der Waals surface area contributed by atoms with E-state index in [9.17, 15) is 0 Å². The lowest BCUT2D eigenvalue weighted by molar-refractivity contribution is -0.146. The van der Waals surface area contributed by atoms with E-state index >= 15 is 0 Å². The third-order valence-corrected chi connectivity index (χ3v) is 13.0. The van der Waals surface area contributed by atoms with Crippen LogP contribution in [-0.4, -0.2) is 38.1 Å². The van der Waals surface area contributed by atoms with Gasteiger partial charge in [0.25, 0.3) is 0 Å². The van der Waals surface area contributed by atoms with E-state index in [1.807, 2.05) is 0 Å². The predicted octanol–water partition coefficient (Wildman–Crippen LogP) is 5.96. The summed E-state index contributed by atoms with van der Waals surface area (Å²) in [5.41, 5.74) is 2.97. The van der Waals surface area contributed by atoms with Crippen molar-refractivity contribution >= 4 is 0 Å². The average molecular weight is 401 g/mol. The van der Waals surface area contributed by atoms with E-state index in [0.717, 1.165) is 17.8 Å². The Morgan fingerprint density at radius 2 is 1.45 bits per heavy atom. The zero-order valence-electron chi connectivity index (χ0n) is 20.7. The van der Waals surface area contributed by atoms with Gasteiger partial charge in [0.15, 0.2) is 0 Å². The quantitative estimate of drug-likeness (QED) is 0.628. The summed E-state index contributed by atoms with van der Waals surface area (Å²) in [5.74, 6) is 2.82. The minimum absolute atomic E-state index is 0.459. The van der Waals surface area contributed by atoms with Crippen molar-refractivity contribution < 1.29 is 0 Å². The summed E-state index contributed by atoms with van der Waals surface area (Å²) in [6.07, 6.45) is 13.5. The van der Waals surface area contributed by atoms with E-state index in [0.29, 0.717) is 39.2 Å². The second kappa shape index (κ2) is 6.03. The van der Waals surface area contributed by atoms with E-state index < -0.39 is 0 Å². The Kier molecular flexibility index (Phi) is 4.33. The molecule has 9 atom stereocenters. The van der Waals surface area contributed by atoms with Crippen molar-refractivity contribution in [2.45, 2.75) is 104 Å². The molecule has 2 heteroatoms. The zero-order chi connectivity index (χ0) is 21.0. The van der Waals surface area contributed by atoms with Gasteiger partial charge >= 0.3 is 0 Å². The molecule has 2 nitrogen and oxygen atoms in total. The summed E-state index contributed by atoms with van der Waals surface area (Å²) >= 11 is 0. The molecular formula is C27H48N2. The van der Waals surface area contributed by atoms with Crippen LogP contribution in [0.3, 0.4) is 0 Å². The molecule has 0 aromatic heterocycles. The first-order valence-corrected chi connectivity index (χ1v) is 12.8. The van der Waals surface area contributed by atoms with E-state index in [1.165, 1.54) is 51.4 Å². The van der Waals surface area contributed by atoms with Crippen LogP contribution in [0.4, 0.5) is 0 Å². The molecule has 166 valence electrons. The van der Waals surface area contributed by atoms with E-state index in [2.05, 4.69) is 66.0 Å². The van der Waals surface area contributed by atoms with Crippen molar-refractivity contribution in [3.05, 3.63) is 0 Å². The second-order valence-electron chi connectivity index (χ2n) is 13.6. The molecule has 5 saturated carbocycles. The van der Waals surface area contributed by atoms with Crippen LogP contribution in [0, 0.1) is 44.8 Å². The molecule has 2 spiro atoms. The highest BCUT2D eigenvalue weighted by molar-refractivity contribution is 5.31. The maximum atomic E-state index is 3.71. The molecule has 5 aliphatic rings. The lowest BCUT2D eigenvalue weighted by Gasteiger charge is -2.63. The number of nitrogens with one attached hydrogen (secondary N) is 1. The standard InChI is InChI=1S/C27H48N2/c1-18(29(7)8)19-11-13-25(5)21-10-9-20-23(2,3)22(28-6)12-14-26(20)17-27(21,26)16-15-24(19,25)4/h18-22,28H,9-17H2,1-8H3/t18-,19+,20+,21+,22-,24+,25-,26+,27-/m0/s1. The van der Waals surface area contributed by atoms with Crippen LogP contribution in [0.5, 0.6) is 0 Å². The fourth-order valence-electron chi connectivity index (χ4n) is 11.1. The Balaban J connectivity index is 1.49. The van der Waals surface area contributed by atoms with E-state index in [4.69, 9.17) is 0 Å². The van der Waals surface area contributed by atoms with Crippen LogP contribution in [0.25, 0.3) is 0 Å². The van der Waals surface area contributed by atoms with Crippen molar-refractivity contribution in [2.24, 2.45) is 44.8 Å². The highest BCUT2D eigenvalue weighted by Gasteiger charge is 2.82. The van der Waals surface area contributed by atoms with Gasteiger partial charge in [-0.05, 0) is 131 Å². The van der Waals surface area contributed by atoms with Gasteiger partial charge in [-0.15, -0.1) is 0 Å². The van der Waals surface area contributed by atoms with E-state index in [1.54, 1.807) is 6.42 Å². The van der Waals surface area contributed by atoms with Gasteiger partial charge in [0.1, 0.15) is 0 Å². The molecule has 5 fully saturated rings. The molecule has 0 aromatic carbocycles. The molecule has 0 radical (unpaired) electrons. The SMILES string of the molecule is CN[C@H]1CC[C@]23C[C@]24CC[C@]2(C)[C@@H]([C@H](C)N(C)C)CC[C@@]2(C)[C@H]4CC[C@@H]3C1(C)C. The van der Waals surface area contributed by atoms with Gasteiger partial charge in [-0.1, -0.05) is 27.7 Å². The minimum Gasteiger partial charge on any atom is -0.316 e. The Morgan fingerprint density at radius 3 is 2.10 bits per heavy atom. The first-order chi connectivity index (χ1) is 13.5. The maximum Gasteiger partial charge on any atom is 0.0118 e.